The first-order valence-electron chi connectivity index (χ1n) is 5.60. The summed E-state index contributed by atoms with van der Waals surface area (Å²) in [7, 11) is -0.369. The Morgan fingerprint density at radius 2 is 1.73 bits per heavy atom. The van der Waals surface area contributed by atoms with Crippen molar-refractivity contribution in [3.05, 3.63) is 41.0 Å². The molecule has 1 aliphatic rings. The summed E-state index contributed by atoms with van der Waals surface area (Å²) in [5, 5.41) is 1.64. The highest BCUT2D eigenvalue weighted by atomic mass is 28.2. The molecule has 0 bridgehead atoms. The maximum Gasteiger partial charge on any atom is 0.0140 e. The molecule has 1 aromatic rings. The van der Waals surface area contributed by atoms with Crippen molar-refractivity contribution in [2.75, 3.05) is 0 Å². The molecule has 0 amide bonds. The molecule has 1 aromatic carbocycles. The van der Waals surface area contributed by atoms with Gasteiger partial charge in [0.25, 0.3) is 0 Å². The van der Waals surface area contributed by atoms with E-state index in [-0.39, 0.29) is 8.41 Å². The molecule has 1 heteroatoms. The van der Waals surface area contributed by atoms with Crippen LogP contribution in [0.15, 0.2) is 29.8 Å². The first-order chi connectivity index (χ1) is 7.11. The molecule has 0 saturated carbocycles. The predicted molar refractivity (Wildman–Crippen MR) is 70.8 cm³/mol. The highest BCUT2D eigenvalue weighted by Gasteiger charge is 2.20. The maximum atomic E-state index is 2.39. The van der Waals surface area contributed by atoms with Crippen LogP contribution in [0.3, 0.4) is 0 Å². The largest absolute Gasteiger partial charge is 0.0616 e. The van der Waals surface area contributed by atoms with Crippen molar-refractivity contribution < 1.29 is 0 Å². The van der Waals surface area contributed by atoms with Gasteiger partial charge >= 0.3 is 0 Å². The van der Waals surface area contributed by atoms with Gasteiger partial charge in [0.05, 0.1) is 0 Å². The topological polar surface area (TPSA) is 0 Å². The van der Waals surface area contributed by atoms with Crippen LogP contribution in [0.5, 0.6) is 0 Å². The van der Waals surface area contributed by atoms with Crippen LogP contribution >= 0.6 is 0 Å². The van der Waals surface area contributed by atoms with Gasteiger partial charge in [0.15, 0.2) is 0 Å². The quantitative estimate of drug-likeness (QED) is 0.627. The Labute approximate surface area is 93.9 Å². The van der Waals surface area contributed by atoms with Crippen LogP contribution in [-0.2, 0) is 0 Å². The van der Waals surface area contributed by atoms with Crippen molar-refractivity contribution in [2.24, 2.45) is 5.92 Å². The van der Waals surface area contributed by atoms with Crippen LogP contribution in [0.4, 0.5) is 0 Å². The molecule has 1 aliphatic carbocycles. The third kappa shape index (κ3) is 1.76. The monoisotopic (exact) mass is 214 g/mol. The van der Waals surface area contributed by atoms with Crippen LogP contribution in [0.2, 0.25) is 13.1 Å². The van der Waals surface area contributed by atoms with E-state index in [0.29, 0.717) is 5.92 Å². The number of hydrogen-bond donors (Lipinski definition) is 0. The molecule has 0 N–H and O–H groups in total. The van der Waals surface area contributed by atoms with E-state index < -0.39 is 0 Å². The molecule has 0 saturated heterocycles. The Hall–Kier alpha value is -0.953. The summed E-state index contributed by atoms with van der Waals surface area (Å²) >= 11 is 0. The van der Waals surface area contributed by atoms with Crippen molar-refractivity contribution in [2.45, 2.75) is 26.9 Å². The summed E-state index contributed by atoms with van der Waals surface area (Å²) in [6, 6.07) is 8.79. The molecule has 0 unspecified atom stereocenters. The fourth-order valence-electron chi connectivity index (χ4n) is 2.26. The summed E-state index contributed by atoms with van der Waals surface area (Å²) in [4.78, 5) is 0. The molecule has 0 aromatic heterocycles. The van der Waals surface area contributed by atoms with Gasteiger partial charge in [-0.1, -0.05) is 57.3 Å². The lowest BCUT2D eigenvalue weighted by Gasteiger charge is -2.12. The zero-order chi connectivity index (χ0) is 11.0. The SMILES string of the molecule is CC(C)C1=Cc2ccccc2C1=[Si](C)C. The van der Waals surface area contributed by atoms with Gasteiger partial charge in [0, 0.05) is 8.41 Å². The first-order valence-corrected chi connectivity index (χ1v) is 8.10. The van der Waals surface area contributed by atoms with Crippen molar-refractivity contribution in [1.82, 2.24) is 0 Å². The van der Waals surface area contributed by atoms with Gasteiger partial charge in [-0.25, -0.2) is 0 Å². The second kappa shape index (κ2) is 3.90. The molecule has 0 atom stereocenters. The second-order valence-corrected chi connectivity index (χ2v) is 7.22. The first kappa shape index (κ1) is 10.6. The molecule has 0 radical (unpaired) electrons. The normalized spacial score (nSPS) is 14.2. The molecule has 0 aliphatic heterocycles. The van der Waals surface area contributed by atoms with E-state index in [1.807, 2.05) is 0 Å². The third-order valence-electron chi connectivity index (χ3n) is 2.95. The van der Waals surface area contributed by atoms with E-state index in [2.05, 4.69) is 57.3 Å². The molecule has 15 heavy (non-hydrogen) atoms. The van der Waals surface area contributed by atoms with Crippen LogP contribution in [0.1, 0.15) is 25.0 Å². The number of hydrogen-bond acceptors (Lipinski definition) is 0. The van der Waals surface area contributed by atoms with E-state index in [0.717, 1.165) is 0 Å². The zero-order valence-electron chi connectivity index (χ0n) is 9.96. The van der Waals surface area contributed by atoms with Gasteiger partial charge < -0.3 is 0 Å². The van der Waals surface area contributed by atoms with Crippen molar-refractivity contribution in [3.63, 3.8) is 0 Å². The lowest BCUT2D eigenvalue weighted by Crippen LogP contribution is -2.14. The van der Waals surface area contributed by atoms with Gasteiger partial charge in [-0.3, -0.25) is 0 Å². The minimum atomic E-state index is -0.369. The Kier molecular flexibility index (Phi) is 2.74. The average molecular weight is 214 g/mol. The number of benzene rings is 1. The predicted octanol–water partition coefficient (Wildman–Crippen LogP) is 3.60. The summed E-state index contributed by atoms with van der Waals surface area (Å²) in [6.45, 7) is 9.36. The van der Waals surface area contributed by atoms with Crippen LogP contribution < -0.4 is 0 Å². The fraction of sp³-hybridized carbons (Fsp3) is 0.357. The maximum absolute atomic E-state index is 2.39. The summed E-state index contributed by atoms with van der Waals surface area (Å²) in [6.07, 6.45) is 2.38. The Balaban J connectivity index is 2.63. The second-order valence-electron chi connectivity index (χ2n) is 4.72. The van der Waals surface area contributed by atoms with Crippen LogP contribution in [-0.4, -0.2) is 13.6 Å². The molecular formula is C14H18Si. The number of allylic oxidation sites excluding steroid dienone is 1. The molecule has 0 spiro atoms. The highest BCUT2D eigenvalue weighted by Crippen LogP contribution is 2.29. The van der Waals surface area contributed by atoms with Crippen molar-refractivity contribution in [3.8, 4) is 0 Å². The lowest BCUT2D eigenvalue weighted by atomic mass is 10.0. The van der Waals surface area contributed by atoms with Crippen LogP contribution in [0, 0.1) is 5.92 Å². The standard InChI is InChI=1S/C14H18Si/c1-10(2)13-9-11-7-5-6-8-12(11)14(13)15(3)4/h5-10H,1-4H3. The van der Waals surface area contributed by atoms with E-state index >= 15 is 0 Å². The minimum absolute atomic E-state index is 0.369. The molecule has 2 rings (SSSR count). The summed E-state index contributed by atoms with van der Waals surface area (Å²) in [5.41, 5.74) is 4.47. The lowest BCUT2D eigenvalue weighted by molar-refractivity contribution is 0.812. The average Bonchev–Trinajstić information content (AvgIpc) is 2.56. The van der Waals surface area contributed by atoms with E-state index in [1.54, 1.807) is 10.7 Å². The van der Waals surface area contributed by atoms with Gasteiger partial charge in [0.2, 0.25) is 0 Å². The third-order valence-corrected chi connectivity index (χ3v) is 4.51. The smallest absolute Gasteiger partial charge is 0.0140 e. The molecule has 0 fully saturated rings. The van der Waals surface area contributed by atoms with E-state index in [9.17, 15) is 0 Å². The van der Waals surface area contributed by atoms with E-state index in [1.165, 1.54) is 11.1 Å². The van der Waals surface area contributed by atoms with Gasteiger partial charge in [0.1, 0.15) is 0 Å². The van der Waals surface area contributed by atoms with Gasteiger partial charge in [-0.2, -0.15) is 0 Å². The summed E-state index contributed by atoms with van der Waals surface area (Å²) in [5.74, 6) is 0.646. The number of rotatable bonds is 1. The van der Waals surface area contributed by atoms with Crippen molar-refractivity contribution >= 4 is 19.7 Å². The molecular weight excluding hydrogens is 196 g/mol. The Morgan fingerprint density at radius 1 is 1.07 bits per heavy atom. The van der Waals surface area contributed by atoms with Crippen LogP contribution in [0.25, 0.3) is 6.08 Å². The minimum Gasteiger partial charge on any atom is -0.0616 e. The van der Waals surface area contributed by atoms with Gasteiger partial charge in [-0.15, -0.1) is 0 Å². The van der Waals surface area contributed by atoms with Crippen molar-refractivity contribution in [1.29, 1.82) is 0 Å². The van der Waals surface area contributed by atoms with E-state index in [4.69, 9.17) is 0 Å². The zero-order valence-corrected chi connectivity index (χ0v) is 11.0. The Bertz CT molecular complexity index is 446. The molecule has 0 nitrogen and oxygen atoms in total. The molecule has 78 valence electrons. The summed E-state index contributed by atoms with van der Waals surface area (Å²) < 4.78 is 0. The Morgan fingerprint density at radius 3 is 2.33 bits per heavy atom. The molecule has 0 heterocycles. The fourth-order valence-corrected chi connectivity index (χ4v) is 3.96. The highest BCUT2D eigenvalue weighted by molar-refractivity contribution is 6.75. The van der Waals surface area contributed by atoms with Gasteiger partial charge in [-0.05, 0) is 27.8 Å². The number of fused-ring (bicyclic) bond motifs is 1.